The molecule has 0 spiro atoms. The SMILES string of the molecule is Cc1ccccc1Nc1nnc(SCCC(=O)N2CCc3ccccc32)s1. The van der Waals surface area contributed by atoms with Crippen LogP contribution in [0, 0.1) is 6.92 Å². The largest absolute Gasteiger partial charge is 0.330 e. The van der Waals surface area contributed by atoms with Crippen LogP contribution in [0.25, 0.3) is 0 Å². The Kier molecular flexibility index (Phi) is 5.40. The van der Waals surface area contributed by atoms with E-state index in [0.717, 1.165) is 33.8 Å². The lowest BCUT2D eigenvalue weighted by atomic mass is 10.2. The van der Waals surface area contributed by atoms with E-state index in [1.807, 2.05) is 41.3 Å². The van der Waals surface area contributed by atoms with Crippen LogP contribution in [0.4, 0.5) is 16.5 Å². The van der Waals surface area contributed by atoms with Crippen LogP contribution in [0.2, 0.25) is 0 Å². The number of carbonyl (C=O) groups excluding carboxylic acids is 1. The maximum atomic E-state index is 12.5. The van der Waals surface area contributed by atoms with Crippen LogP contribution >= 0.6 is 23.1 Å². The number of amides is 1. The van der Waals surface area contributed by atoms with Gasteiger partial charge in [-0.25, -0.2) is 0 Å². The van der Waals surface area contributed by atoms with E-state index in [1.165, 1.54) is 22.5 Å². The molecule has 0 aliphatic carbocycles. The molecule has 0 atom stereocenters. The van der Waals surface area contributed by atoms with E-state index in [4.69, 9.17) is 0 Å². The molecule has 0 bridgehead atoms. The molecule has 3 aromatic rings. The topological polar surface area (TPSA) is 58.1 Å². The minimum Gasteiger partial charge on any atom is -0.330 e. The molecule has 0 saturated carbocycles. The number of nitrogens with one attached hydrogen (secondary N) is 1. The van der Waals surface area contributed by atoms with E-state index in [9.17, 15) is 4.79 Å². The molecular weight excluding hydrogens is 376 g/mol. The summed E-state index contributed by atoms with van der Waals surface area (Å²) in [5.74, 6) is 0.881. The summed E-state index contributed by atoms with van der Waals surface area (Å²) in [5, 5.41) is 12.5. The van der Waals surface area contributed by atoms with Gasteiger partial charge in [-0.05, 0) is 36.6 Å². The van der Waals surface area contributed by atoms with Crippen LogP contribution in [-0.2, 0) is 11.2 Å². The quantitative estimate of drug-likeness (QED) is 0.614. The monoisotopic (exact) mass is 396 g/mol. The molecule has 0 saturated heterocycles. The maximum absolute atomic E-state index is 12.5. The number of benzene rings is 2. The number of para-hydroxylation sites is 2. The molecule has 0 unspecified atom stereocenters. The van der Waals surface area contributed by atoms with Crippen LogP contribution in [0.3, 0.4) is 0 Å². The fourth-order valence-corrected chi connectivity index (χ4v) is 4.87. The van der Waals surface area contributed by atoms with Gasteiger partial charge in [0.15, 0.2) is 4.34 Å². The molecule has 1 N–H and O–H groups in total. The third-order valence-electron chi connectivity index (χ3n) is 4.52. The lowest BCUT2D eigenvalue weighted by Gasteiger charge is -2.16. The predicted molar refractivity (Wildman–Crippen MR) is 112 cm³/mol. The van der Waals surface area contributed by atoms with Gasteiger partial charge < -0.3 is 10.2 Å². The van der Waals surface area contributed by atoms with Crippen LogP contribution in [0.5, 0.6) is 0 Å². The van der Waals surface area contributed by atoms with Gasteiger partial charge in [-0.3, -0.25) is 4.79 Å². The Balaban J connectivity index is 1.29. The van der Waals surface area contributed by atoms with Gasteiger partial charge in [0.2, 0.25) is 11.0 Å². The normalized spacial score (nSPS) is 12.9. The molecule has 4 rings (SSSR count). The second-order valence-corrected chi connectivity index (χ2v) is 8.66. The zero-order valence-corrected chi connectivity index (χ0v) is 16.6. The molecular formula is C20H20N4OS2. The number of anilines is 3. The Bertz CT molecular complexity index is 956. The number of carbonyl (C=O) groups is 1. The van der Waals surface area contributed by atoms with Gasteiger partial charge in [0.25, 0.3) is 0 Å². The fraction of sp³-hybridized carbons (Fsp3) is 0.250. The smallest absolute Gasteiger partial charge is 0.227 e. The molecule has 2 heterocycles. The zero-order chi connectivity index (χ0) is 18.6. The molecule has 1 amide bonds. The minimum absolute atomic E-state index is 0.176. The van der Waals surface area contributed by atoms with Crippen LogP contribution in [0.1, 0.15) is 17.5 Å². The first kappa shape index (κ1) is 18.0. The van der Waals surface area contributed by atoms with Gasteiger partial charge in [0.05, 0.1) is 0 Å². The van der Waals surface area contributed by atoms with Crippen molar-refractivity contribution in [2.75, 3.05) is 22.5 Å². The Morgan fingerprint density at radius 1 is 1.19 bits per heavy atom. The van der Waals surface area contributed by atoms with E-state index in [2.05, 4.69) is 34.6 Å². The number of hydrogen-bond donors (Lipinski definition) is 1. The predicted octanol–water partition coefficient (Wildman–Crippen LogP) is 4.66. The Morgan fingerprint density at radius 3 is 2.89 bits per heavy atom. The lowest BCUT2D eigenvalue weighted by molar-refractivity contribution is -0.118. The first-order valence-corrected chi connectivity index (χ1v) is 10.7. The molecule has 138 valence electrons. The van der Waals surface area contributed by atoms with Crippen LogP contribution < -0.4 is 10.2 Å². The van der Waals surface area contributed by atoms with E-state index in [1.54, 1.807) is 11.8 Å². The number of aryl methyl sites for hydroxylation is 1. The van der Waals surface area contributed by atoms with Crippen molar-refractivity contribution < 1.29 is 4.79 Å². The van der Waals surface area contributed by atoms with Gasteiger partial charge in [0, 0.05) is 30.1 Å². The first-order valence-electron chi connectivity index (χ1n) is 8.88. The highest BCUT2D eigenvalue weighted by Gasteiger charge is 2.23. The minimum atomic E-state index is 0.176. The van der Waals surface area contributed by atoms with Crippen molar-refractivity contribution in [1.29, 1.82) is 0 Å². The molecule has 0 fully saturated rings. The van der Waals surface area contributed by atoms with Gasteiger partial charge in [0.1, 0.15) is 0 Å². The van der Waals surface area contributed by atoms with Gasteiger partial charge in [-0.15, -0.1) is 10.2 Å². The van der Waals surface area contributed by atoms with Crippen molar-refractivity contribution in [1.82, 2.24) is 10.2 Å². The van der Waals surface area contributed by atoms with Gasteiger partial charge in [-0.1, -0.05) is 59.5 Å². The summed E-state index contributed by atoms with van der Waals surface area (Å²) in [7, 11) is 0. The second-order valence-electron chi connectivity index (χ2n) is 6.34. The molecule has 1 aromatic heterocycles. The van der Waals surface area contributed by atoms with Crippen molar-refractivity contribution in [3.63, 3.8) is 0 Å². The molecule has 7 heteroatoms. The molecule has 27 heavy (non-hydrogen) atoms. The standard InChI is InChI=1S/C20H20N4OS2/c1-14-6-2-4-8-16(14)21-19-22-23-20(27-19)26-13-11-18(25)24-12-10-15-7-3-5-9-17(15)24/h2-9H,10-13H2,1H3,(H,21,22). The highest BCUT2D eigenvalue weighted by Crippen LogP contribution is 2.31. The third kappa shape index (κ3) is 4.14. The van der Waals surface area contributed by atoms with Crippen molar-refractivity contribution in [2.24, 2.45) is 0 Å². The van der Waals surface area contributed by atoms with Gasteiger partial charge >= 0.3 is 0 Å². The van der Waals surface area contributed by atoms with Gasteiger partial charge in [-0.2, -0.15) is 0 Å². The molecule has 1 aliphatic rings. The Morgan fingerprint density at radius 2 is 2.00 bits per heavy atom. The summed E-state index contributed by atoms with van der Waals surface area (Å²) in [6.45, 7) is 2.84. The highest BCUT2D eigenvalue weighted by atomic mass is 32.2. The second kappa shape index (κ2) is 8.10. The number of fused-ring (bicyclic) bond motifs is 1. The number of thioether (sulfide) groups is 1. The molecule has 1 aliphatic heterocycles. The molecule has 0 radical (unpaired) electrons. The number of hydrogen-bond acceptors (Lipinski definition) is 6. The summed E-state index contributed by atoms with van der Waals surface area (Å²) in [6.07, 6.45) is 1.44. The zero-order valence-electron chi connectivity index (χ0n) is 15.0. The van der Waals surface area contributed by atoms with E-state index < -0.39 is 0 Å². The van der Waals surface area contributed by atoms with Crippen molar-refractivity contribution in [2.45, 2.75) is 24.1 Å². The summed E-state index contributed by atoms with van der Waals surface area (Å²) >= 11 is 3.10. The number of aromatic nitrogens is 2. The maximum Gasteiger partial charge on any atom is 0.227 e. The van der Waals surface area contributed by atoms with Crippen molar-refractivity contribution in [3.8, 4) is 0 Å². The van der Waals surface area contributed by atoms with E-state index >= 15 is 0 Å². The number of nitrogens with zero attached hydrogens (tertiary/aromatic N) is 3. The average Bonchev–Trinajstić information content (AvgIpc) is 3.30. The Hall–Kier alpha value is -2.38. The summed E-state index contributed by atoms with van der Waals surface area (Å²) in [6, 6.07) is 16.2. The van der Waals surface area contributed by atoms with Crippen molar-refractivity contribution in [3.05, 3.63) is 59.7 Å². The molecule has 5 nitrogen and oxygen atoms in total. The fourth-order valence-electron chi connectivity index (χ4n) is 3.10. The summed E-state index contributed by atoms with van der Waals surface area (Å²) in [4.78, 5) is 14.5. The lowest BCUT2D eigenvalue weighted by Crippen LogP contribution is -2.29. The third-order valence-corrected chi connectivity index (χ3v) is 6.50. The van der Waals surface area contributed by atoms with Crippen LogP contribution in [-0.4, -0.2) is 28.4 Å². The Labute approximate surface area is 166 Å². The summed E-state index contributed by atoms with van der Waals surface area (Å²) < 4.78 is 0.876. The first-order chi connectivity index (χ1) is 13.2. The highest BCUT2D eigenvalue weighted by molar-refractivity contribution is 8.01. The van der Waals surface area contributed by atoms with Crippen molar-refractivity contribution >= 4 is 45.5 Å². The summed E-state index contributed by atoms with van der Waals surface area (Å²) in [5.41, 5.74) is 4.52. The number of rotatable bonds is 6. The van der Waals surface area contributed by atoms with Crippen LogP contribution in [0.15, 0.2) is 52.9 Å². The van der Waals surface area contributed by atoms with E-state index in [-0.39, 0.29) is 5.91 Å². The van der Waals surface area contributed by atoms with E-state index in [0.29, 0.717) is 12.2 Å². The average molecular weight is 397 g/mol. The molecule has 2 aromatic carbocycles.